The summed E-state index contributed by atoms with van der Waals surface area (Å²) in [5.41, 5.74) is 6.46. The van der Waals surface area contributed by atoms with Crippen molar-refractivity contribution in [3.63, 3.8) is 0 Å². The Bertz CT molecular complexity index is 528. The number of hydrogen-bond acceptors (Lipinski definition) is 3. The summed E-state index contributed by atoms with van der Waals surface area (Å²) in [6, 6.07) is 3.38. The lowest BCUT2D eigenvalue weighted by Crippen LogP contribution is -2.54. The van der Waals surface area contributed by atoms with E-state index in [1.54, 1.807) is 0 Å². The lowest BCUT2D eigenvalue weighted by atomic mass is 9.80. The van der Waals surface area contributed by atoms with Gasteiger partial charge in [0, 0.05) is 31.7 Å². The van der Waals surface area contributed by atoms with Gasteiger partial charge in [-0.15, -0.1) is 0 Å². The van der Waals surface area contributed by atoms with Crippen LogP contribution in [0.3, 0.4) is 0 Å². The topological polar surface area (TPSA) is 58.4 Å². The zero-order valence-electron chi connectivity index (χ0n) is 13.0. The van der Waals surface area contributed by atoms with Crippen molar-refractivity contribution >= 4 is 5.91 Å². The molecule has 1 saturated heterocycles. The van der Waals surface area contributed by atoms with Crippen LogP contribution in [0.4, 0.5) is 8.78 Å². The van der Waals surface area contributed by atoms with Crippen molar-refractivity contribution in [3.05, 3.63) is 35.4 Å². The number of amides is 1. The number of piperidine rings is 1. The molecular weight excluding hydrogens is 288 g/mol. The van der Waals surface area contributed by atoms with Gasteiger partial charge >= 0.3 is 0 Å². The predicted molar refractivity (Wildman–Crippen MR) is 81.0 cm³/mol. The highest BCUT2D eigenvalue weighted by atomic mass is 19.1. The predicted octanol–water partition coefficient (Wildman–Crippen LogP) is 1.64. The van der Waals surface area contributed by atoms with Gasteiger partial charge in [0.15, 0.2) is 0 Å². The van der Waals surface area contributed by atoms with Crippen molar-refractivity contribution in [2.45, 2.75) is 32.9 Å². The van der Waals surface area contributed by atoms with Crippen molar-refractivity contribution in [2.75, 3.05) is 19.6 Å². The second-order valence-corrected chi connectivity index (χ2v) is 6.65. The van der Waals surface area contributed by atoms with Crippen molar-refractivity contribution in [1.29, 1.82) is 0 Å². The van der Waals surface area contributed by atoms with Crippen LogP contribution in [0.2, 0.25) is 0 Å². The minimum absolute atomic E-state index is 0.0236. The fourth-order valence-corrected chi connectivity index (χ4v) is 2.79. The van der Waals surface area contributed by atoms with Crippen LogP contribution in [0.1, 0.15) is 25.8 Å². The first-order valence-electron chi connectivity index (χ1n) is 7.46. The summed E-state index contributed by atoms with van der Waals surface area (Å²) >= 11 is 0. The molecule has 0 aromatic heterocycles. The lowest BCUT2D eigenvalue weighted by Gasteiger charge is -2.42. The summed E-state index contributed by atoms with van der Waals surface area (Å²) in [4.78, 5) is 14.0. The molecule has 1 aromatic rings. The molecule has 2 rings (SSSR count). The van der Waals surface area contributed by atoms with Crippen LogP contribution in [-0.2, 0) is 11.3 Å². The summed E-state index contributed by atoms with van der Waals surface area (Å²) in [5, 5.41) is 2.69. The Morgan fingerprint density at radius 3 is 2.59 bits per heavy atom. The molecule has 22 heavy (non-hydrogen) atoms. The van der Waals surface area contributed by atoms with Gasteiger partial charge in [0.05, 0.1) is 6.54 Å². The summed E-state index contributed by atoms with van der Waals surface area (Å²) in [6.45, 7) is 6.12. The minimum atomic E-state index is -0.643. The van der Waals surface area contributed by atoms with E-state index in [1.807, 2.05) is 0 Å². The standard InChI is InChI=1S/C16H23F2N3O/c1-16(2)10-21(4-3-14(16)19)9-15(22)20-8-11-5-12(17)7-13(18)6-11/h5-7,14H,3-4,8-10,19H2,1-2H3,(H,20,22). The molecule has 4 nitrogen and oxygen atoms in total. The molecule has 122 valence electrons. The molecule has 3 N–H and O–H groups in total. The Morgan fingerprint density at radius 2 is 2.00 bits per heavy atom. The number of halogens is 2. The third kappa shape index (κ3) is 4.48. The van der Waals surface area contributed by atoms with E-state index in [-0.39, 0.29) is 30.5 Å². The van der Waals surface area contributed by atoms with Gasteiger partial charge in [-0.2, -0.15) is 0 Å². The van der Waals surface area contributed by atoms with Crippen LogP contribution in [0.25, 0.3) is 0 Å². The van der Waals surface area contributed by atoms with E-state index in [4.69, 9.17) is 5.73 Å². The van der Waals surface area contributed by atoms with E-state index < -0.39 is 11.6 Å². The third-order valence-corrected chi connectivity index (χ3v) is 4.17. The monoisotopic (exact) mass is 311 g/mol. The van der Waals surface area contributed by atoms with Gasteiger partial charge in [0.2, 0.25) is 5.91 Å². The van der Waals surface area contributed by atoms with Crippen LogP contribution in [0, 0.1) is 17.0 Å². The summed E-state index contributed by atoms with van der Waals surface area (Å²) in [7, 11) is 0. The van der Waals surface area contributed by atoms with E-state index in [0.717, 1.165) is 25.6 Å². The van der Waals surface area contributed by atoms with Gasteiger partial charge in [0.25, 0.3) is 0 Å². The smallest absolute Gasteiger partial charge is 0.234 e. The van der Waals surface area contributed by atoms with E-state index in [2.05, 4.69) is 24.1 Å². The molecule has 1 heterocycles. The number of rotatable bonds is 4. The van der Waals surface area contributed by atoms with Crippen molar-refractivity contribution in [2.24, 2.45) is 11.1 Å². The fraction of sp³-hybridized carbons (Fsp3) is 0.562. The number of carbonyl (C=O) groups is 1. The number of nitrogens with zero attached hydrogens (tertiary/aromatic N) is 1. The molecule has 1 atom stereocenters. The van der Waals surface area contributed by atoms with Gasteiger partial charge in [-0.05, 0) is 29.5 Å². The molecule has 0 bridgehead atoms. The number of nitrogens with two attached hydrogens (primary N) is 1. The second-order valence-electron chi connectivity index (χ2n) is 6.65. The Kier molecular flexibility index (Phi) is 5.13. The Morgan fingerprint density at radius 1 is 1.36 bits per heavy atom. The third-order valence-electron chi connectivity index (χ3n) is 4.17. The van der Waals surface area contributed by atoms with Crippen LogP contribution < -0.4 is 11.1 Å². The van der Waals surface area contributed by atoms with E-state index in [9.17, 15) is 13.6 Å². The van der Waals surface area contributed by atoms with Crippen LogP contribution >= 0.6 is 0 Å². The zero-order valence-corrected chi connectivity index (χ0v) is 13.0. The first-order valence-corrected chi connectivity index (χ1v) is 7.46. The number of nitrogens with one attached hydrogen (secondary N) is 1. The zero-order chi connectivity index (χ0) is 16.3. The Labute approximate surface area is 129 Å². The maximum Gasteiger partial charge on any atom is 0.234 e. The molecule has 0 saturated carbocycles. The number of benzene rings is 1. The quantitative estimate of drug-likeness (QED) is 0.889. The summed E-state index contributed by atoms with van der Waals surface area (Å²) < 4.78 is 26.1. The van der Waals surface area contributed by atoms with Gasteiger partial charge in [-0.25, -0.2) is 8.78 Å². The molecule has 1 aliphatic heterocycles. The summed E-state index contributed by atoms with van der Waals surface area (Å²) in [6.07, 6.45) is 0.857. The molecule has 1 aromatic carbocycles. The summed E-state index contributed by atoms with van der Waals surface area (Å²) in [5.74, 6) is -1.44. The first kappa shape index (κ1) is 16.8. The molecule has 0 spiro atoms. The molecule has 1 unspecified atom stereocenters. The molecule has 1 aliphatic rings. The number of carbonyl (C=O) groups excluding carboxylic acids is 1. The average Bonchev–Trinajstić information content (AvgIpc) is 2.39. The van der Waals surface area contributed by atoms with E-state index >= 15 is 0 Å². The highest BCUT2D eigenvalue weighted by Crippen LogP contribution is 2.27. The molecule has 1 fully saturated rings. The Balaban J connectivity index is 1.83. The van der Waals surface area contributed by atoms with Crippen molar-refractivity contribution < 1.29 is 13.6 Å². The Hall–Kier alpha value is -1.53. The van der Waals surface area contributed by atoms with Gasteiger partial charge in [-0.3, -0.25) is 9.69 Å². The van der Waals surface area contributed by atoms with E-state index in [0.29, 0.717) is 5.56 Å². The van der Waals surface area contributed by atoms with Gasteiger partial charge in [-0.1, -0.05) is 13.8 Å². The first-order chi connectivity index (χ1) is 10.3. The van der Waals surface area contributed by atoms with E-state index in [1.165, 1.54) is 12.1 Å². The highest BCUT2D eigenvalue weighted by Gasteiger charge is 2.33. The number of likely N-dealkylation sites (tertiary alicyclic amines) is 1. The molecule has 6 heteroatoms. The molecule has 1 amide bonds. The highest BCUT2D eigenvalue weighted by molar-refractivity contribution is 5.78. The van der Waals surface area contributed by atoms with Crippen LogP contribution in [-0.4, -0.2) is 36.5 Å². The van der Waals surface area contributed by atoms with Gasteiger partial charge < -0.3 is 11.1 Å². The van der Waals surface area contributed by atoms with Gasteiger partial charge in [0.1, 0.15) is 11.6 Å². The largest absolute Gasteiger partial charge is 0.351 e. The maximum atomic E-state index is 13.1. The lowest BCUT2D eigenvalue weighted by molar-refractivity contribution is -0.123. The fourth-order valence-electron chi connectivity index (χ4n) is 2.79. The average molecular weight is 311 g/mol. The SMILES string of the molecule is CC1(C)CN(CC(=O)NCc2cc(F)cc(F)c2)CCC1N. The maximum absolute atomic E-state index is 13.1. The second kappa shape index (κ2) is 6.71. The normalized spacial score (nSPS) is 21.6. The van der Waals surface area contributed by atoms with Crippen molar-refractivity contribution in [1.82, 2.24) is 10.2 Å². The molecule has 0 aliphatic carbocycles. The molecule has 0 radical (unpaired) electrons. The minimum Gasteiger partial charge on any atom is -0.351 e. The van der Waals surface area contributed by atoms with Crippen LogP contribution in [0.15, 0.2) is 18.2 Å². The number of hydrogen-bond donors (Lipinski definition) is 2. The van der Waals surface area contributed by atoms with Crippen LogP contribution in [0.5, 0.6) is 0 Å². The molecular formula is C16H23F2N3O. The van der Waals surface area contributed by atoms with Crippen molar-refractivity contribution in [3.8, 4) is 0 Å².